The standard InChI is InChI=1S/C19H33F2N2OPS/c1-2-11-23(12-8-16-6-4-3-5-7-16)13-9-17-15-26-18(22-17)24-14-10-19(20,21)25/h15-16H,2-14,25H2,1H3. The van der Waals surface area contributed by atoms with Crippen LogP contribution in [0.1, 0.15) is 64.0 Å². The van der Waals surface area contributed by atoms with Crippen molar-refractivity contribution in [2.75, 3.05) is 26.2 Å². The first kappa shape index (κ1) is 22.0. The minimum Gasteiger partial charge on any atom is -0.470 e. The van der Waals surface area contributed by atoms with Gasteiger partial charge in [0.25, 0.3) is 10.9 Å². The Kier molecular flexibility index (Phi) is 9.73. The van der Waals surface area contributed by atoms with E-state index >= 15 is 0 Å². The Morgan fingerprint density at radius 3 is 2.73 bits per heavy atom. The molecule has 0 bridgehead atoms. The normalized spacial score (nSPS) is 16.3. The van der Waals surface area contributed by atoms with E-state index in [1.54, 1.807) is 9.24 Å². The summed E-state index contributed by atoms with van der Waals surface area (Å²) >= 11 is 1.40. The molecule has 0 amide bonds. The van der Waals surface area contributed by atoms with Gasteiger partial charge in [-0.2, -0.15) is 0 Å². The minimum absolute atomic E-state index is 0.00714. The molecule has 0 saturated heterocycles. The summed E-state index contributed by atoms with van der Waals surface area (Å²) in [5.74, 6) is 0.914. The van der Waals surface area contributed by atoms with E-state index in [2.05, 4.69) is 16.8 Å². The first-order valence-corrected chi connectivity index (χ1v) is 11.4. The molecule has 0 aliphatic heterocycles. The summed E-state index contributed by atoms with van der Waals surface area (Å²) in [4.78, 5) is 6.97. The van der Waals surface area contributed by atoms with Crippen molar-refractivity contribution >= 4 is 20.6 Å². The van der Waals surface area contributed by atoms with Gasteiger partial charge >= 0.3 is 0 Å². The van der Waals surface area contributed by atoms with Crippen LogP contribution in [0.2, 0.25) is 0 Å². The fourth-order valence-corrected chi connectivity index (χ4v) is 4.36. The monoisotopic (exact) mass is 406 g/mol. The Bertz CT molecular complexity index is 504. The quantitative estimate of drug-likeness (QED) is 0.422. The number of nitrogens with zero attached hydrogens (tertiary/aromatic N) is 2. The summed E-state index contributed by atoms with van der Waals surface area (Å²) in [5, 5.41) is 2.48. The molecule has 0 radical (unpaired) electrons. The van der Waals surface area contributed by atoms with Crippen LogP contribution in [0.5, 0.6) is 5.19 Å². The van der Waals surface area contributed by atoms with Crippen LogP contribution in [0.4, 0.5) is 8.78 Å². The predicted octanol–water partition coefficient (Wildman–Crippen LogP) is 5.60. The lowest BCUT2D eigenvalue weighted by Crippen LogP contribution is -2.29. The molecule has 3 nitrogen and oxygen atoms in total. The Morgan fingerprint density at radius 1 is 1.27 bits per heavy atom. The Balaban J connectivity index is 1.70. The number of halogens is 2. The third-order valence-corrected chi connectivity index (χ3v) is 6.08. The van der Waals surface area contributed by atoms with Crippen molar-refractivity contribution in [2.45, 2.75) is 70.4 Å². The number of alkyl halides is 2. The van der Waals surface area contributed by atoms with Gasteiger partial charge in [-0.15, -0.1) is 0 Å². The van der Waals surface area contributed by atoms with Crippen LogP contribution in [0, 0.1) is 5.92 Å². The number of aromatic nitrogens is 1. The SMILES string of the molecule is CCCN(CCc1csc(OCCC(F)(F)P)n1)CCC1CCCCC1. The van der Waals surface area contributed by atoms with Crippen molar-refractivity contribution in [1.82, 2.24) is 9.88 Å². The molecule has 1 atom stereocenters. The van der Waals surface area contributed by atoms with Gasteiger partial charge in [0.15, 0.2) is 0 Å². The topological polar surface area (TPSA) is 25.4 Å². The summed E-state index contributed by atoms with van der Waals surface area (Å²) in [5.41, 5.74) is -1.76. The highest BCUT2D eigenvalue weighted by Crippen LogP contribution is 2.28. The maximum absolute atomic E-state index is 12.8. The molecule has 1 aromatic heterocycles. The number of hydrogen-bond donors (Lipinski definition) is 0. The first-order valence-electron chi connectivity index (χ1n) is 9.92. The molecule has 150 valence electrons. The summed E-state index contributed by atoms with van der Waals surface area (Å²) in [7, 11) is 1.54. The van der Waals surface area contributed by atoms with Gasteiger partial charge in [-0.05, 0) is 31.8 Å². The maximum atomic E-state index is 12.8. The fraction of sp³-hybridized carbons (Fsp3) is 0.842. The van der Waals surface area contributed by atoms with Crippen molar-refractivity contribution in [1.29, 1.82) is 0 Å². The van der Waals surface area contributed by atoms with Crippen molar-refractivity contribution in [2.24, 2.45) is 5.92 Å². The molecule has 0 aromatic carbocycles. The predicted molar refractivity (Wildman–Crippen MR) is 109 cm³/mol. The van der Waals surface area contributed by atoms with Gasteiger partial charge in [-0.1, -0.05) is 59.6 Å². The molecule has 1 aliphatic carbocycles. The molecule has 26 heavy (non-hydrogen) atoms. The molecule has 0 N–H and O–H groups in total. The zero-order valence-corrected chi connectivity index (χ0v) is 17.9. The zero-order valence-electron chi connectivity index (χ0n) is 15.9. The molecule has 1 fully saturated rings. The lowest BCUT2D eigenvalue weighted by molar-refractivity contribution is 0.0756. The third kappa shape index (κ3) is 9.05. The summed E-state index contributed by atoms with van der Waals surface area (Å²) in [6.45, 7) is 5.53. The maximum Gasteiger partial charge on any atom is 0.273 e. The van der Waals surface area contributed by atoms with Crippen LogP contribution in [0.25, 0.3) is 0 Å². The largest absolute Gasteiger partial charge is 0.470 e. The van der Waals surface area contributed by atoms with Gasteiger partial charge in [0.1, 0.15) is 0 Å². The van der Waals surface area contributed by atoms with E-state index in [0.29, 0.717) is 5.19 Å². The molecule has 1 aromatic rings. The van der Waals surface area contributed by atoms with Crippen LogP contribution in [-0.4, -0.2) is 41.8 Å². The van der Waals surface area contributed by atoms with Gasteiger partial charge < -0.3 is 9.64 Å². The Labute approximate surface area is 163 Å². The van der Waals surface area contributed by atoms with Gasteiger partial charge in [-0.3, -0.25) is 0 Å². The molecule has 7 heteroatoms. The molecule has 2 rings (SSSR count). The smallest absolute Gasteiger partial charge is 0.273 e. The highest BCUT2D eigenvalue weighted by Gasteiger charge is 2.21. The molecular formula is C19H33F2N2OPS. The van der Waals surface area contributed by atoms with E-state index in [9.17, 15) is 8.78 Å². The Hall–Kier alpha value is -0.320. The van der Waals surface area contributed by atoms with E-state index in [4.69, 9.17) is 4.74 Å². The molecule has 1 aliphatic rings. The number of rotatable bonds is 12. The van der Waals surface area contributed by atoms with E-state index in [1.165, 1.54) is 62.8 Å². The highest BCUT2D eigenvalue weighted by atomic mass is 32.1. The van der Waals surface area contributed by atoms with Crippen LogP contribution >= 0.6 is 20.6 Å². The second-order valence-electron chi connectivity index (χ2n) is 7.35. The van der Waals surface area contributed by atoms with Crippen LogP contribution in [0.15, 0.2) is 5.38 Å². The second kappa shape index (κ2) is 11.5. The van der Waals surface area contributed by atoms with E-state index in [0.717, 1.165) is 31.1 Å². The number of hydrogen-bond acceptors (Lipinski definition) is 4. The zero-order chi connectivity index (χ0) is 18.8. The van der Waals surface area contributed by atoms with Crippen molar-refractivity contribution < 1.29 is 13.5 Å². The van der Waals surface area contributed by atoms with Gasteiger partial charge in [0.05, 0.1) is 12.3 Å². The van der Waals surface area contributed by atoms with Crippen LogP contribution in [-0.2, 0) is 6.42 Å². The molecule has 1 heterocycles. The van der Waals surface area contributed by atoms with Gasteiger partial charge in [0.2, 0.25) is 0 Å². The van der Waals surface area contributed by atoms with Gasteiger partial charge in [0, 0.05) is 24.8 Å². The van der Waals surface area contributed by atoms with E-state index < -0.39 is 5.66 Å². The average molecular weight is 407 g/mol. The second-order valence-corrected chi connectivity index (χ2v) is 9.01. The minimum atomic E-state index is -2.76. The van der Waals surface area contributed by atoms with Crippen molar-refractivity contribution in [3.8, 4) is 5.19 Å². The lowest BCUT2D eigenvalue weighted by Gasteiger charge is -2.26. The average Bonchev–Trinajstić information content (AvgIpc) is 3.05. The fourth-order valence-electron chi connectivity index (χ4n) is 3.51. The van der Waals surface area contributed by atoms with Crippen LogP contribution < -0.4 is 4.74 Å². The van der Waals surface area contributed by atoms with E-state index in [-0.39, 0.29) is 13.0 Å². The highest BCUT2D eigenvalue weighted by molar-refractivity contribution is 7.18. The molecule has 1 saturated carbocycles. The van der Waals surface area contributed by atoms with E-state index in [1.807, 2.05) is 5.38 Å². The van der Waals surface area contributed by atoms with Gasteiger partial charge in [-0.25, -0.2) is 13.8 Å². The number of ether oxygens (including phenoxy) is 1. The lowest BCUT2D eigenvalue weighted by atomic mass is 9.87. The molecular weight excluding hydrogens is 373 g/mol. The van der Waals surface area contributed by atoms with Crippen LogP contribution in [0.3, 0.4) is 0 Å². The van der Waals surface area contributed by atoms with Crippen molar-refractivity contribution in [3.05, 3.63) is 11.1 Å². The number of thiazole rings is 1. The first-order chi connectivity index (χ1) is 12.5. The molecule has 0 spiro atoms. The summed E-state index contributed by atoms with van der Waals surface area (Å²) in [6.07, 6.45) is 10.1. The molecule has 1 unspecified atom stereocenters. The van der Waals surface area contributed by atoms with Crippen molar-refractivity contribution in [3.63, 3.8) is 0 Å². The summed E-state index contributed by atoms with van der Waals surface area (Å²) in [6, 6.07) is 0. The Morgan fingerprint density at radius 2 is 2.04 bits per heavy atom. The summed E-state index contributed by atoms with van der Waals surface area (Å²) < 4.78 is 30.9. The third-order valence-electron chi connectivity index (χ3n) is 4.99.